The quantitative estimate of drug-likeness (QED) is 0.623. The van der Waals surface area contributed by atoms with E-state index in [-0.39, 0.29) is 5.56 Å². The lowest BCUT2D eigenvalue weighted by Crippen LogP contribution is -2.14. The zero-order valence-electron chi connectivity index (χ0n) is 12.9. The summed E-state index contributed by atoms with van der Waals surface area (Å²) in [6.45, 7) is 2.75. The third-order valence-electron chi connectivity index (χ3n) is 3.93. The van der Waals surface area contributed by atoms with E-state index >= 15 is 0 Å². The van der Waals surface area contributed by atoms with Crippen LogP contribution in [0.25, 0.3) is 28.2 Å². The van der Waals surface area contributed by atoms with Crippen molar-refractivity contribution < 1.29 is 0 Å². The molecule has 4 rings (SSSR count). The number of aryl methyl sites for hydroxylation is 1. The lowest BCUT2D eigenvalue weighted by atomic mass is 10.1. The minimum Gasteiger partial charge on any atom is -0.296 e. The molecule has 0 unspecified atom stereocenters. The van der Waals surface area contributed by atoms with Crippen molar-refractivity contribution >= 4 is 17.2 Å². The predicted octanol–water partition coefficient (Wildman–Crippen LogP) is 3.23. The molecule has 0 aliphatic heterocycles. The van der Waals surface area contributed by atoms with E-state index in [0.29, 0.717) is 16.4 Å². The number of halogens is 1. The molecule has 6 nitrogen and oxygen atoms in total. The minimum absolute atomic E-state index is 0.168. The van der Waals surface area contributed by atoms with Gasteiger partial charge in [-0.15, -0.1) is 0 Å². The average molecular weight is 340 g/mol. The number of aromatic amines is 1. The number of nitrogens with zero attached hydrogens (tertiary/aromatic N) is 4. The molecule has 24 heavy (non-hydrogen) atoms. The molecular weight excluding hydrogens is 326 g/mol. The van der Waals surface area contributed by atoms with Gasteiger partial charge in [0.2, 0.25) is 0 Å². The van der Waals surface area contributed by atoms with Gasteiger partial charge in [0.15, 0.2) is 5.65 Å². The number of hydrogen-bond acceptors (Lipinski definition) is 3. The smallest absolute Gasteiger partial charge is 0.273 e. The first-order valence-electron chi connectivity index (χ1n) is 7.56. The largest absolute Gasteiger partial charge is 0.296 e. The molecule has 0 bridgehead atoms. The number of hydrogen-bond donors (Lipinski definition) is 1. The average Bonchev–Trinajstić information content (AvgIpc) is 3.21. The zero-order chi connectivity index (χ0) is 16.7. The monoisotopic (exact) mass is 339 g/mol. The Labute approximate surface area is 142 Å². The van der Waals surface area contributed by atoms with Gasteiger partial charge in [0.05, 0.1) is 17.0 Å². The molecule has 0 radical (unpaired) electrons. The predicted molar refractivity (Wildman–Crippen MR) is 93.2 cm³/mol. The van der Waals surface area contributed by atoms with Gasteiger partial charge in [-0.05, 0) is 25.1 Å². The standard InChI is InChI=1S/C17H14ClN5O/c1-2-22-15(7-8-19-22)13-10-20-23-16(24)9-14(21-17(13)23)11-3-5-12(18)6-4-11/h3-10,20H,2H2,1H3. The summed E-state index contributed by atoms with van der Waals surface area (Å²) in [5, 5.41) is 7.89. The lowest BCUT2D eigenvalue weighted by molar-refractivity contribution is 0.667. The molecule has 1 aromatic carbocycles. The Hall–Kier alpha value is -2.86. The van der Waals surface area contributed by atoms with E-state index in [1.807, 2.05) is 29.8 Å². The molecule has 0 atom stereocenters. The summed E-state index contributed by atoms with van der Waals surface area (Å²) < 4.78 is 3.30. The molecule has 7 heteroatoms. The molecule has 0 saturated heterocycles. The molecule has 1 N–H and O–H groups in total. The van der Waals surface area contributed by atoms with E-state index in [9.17, 15) is 4.79 Å². The van der Waals surface area contributed by atoms with E-state index < -0.39 is 0 Å². The van der Waals surface area contributed by atoms with Crippen LogP contribution >= 0.6 is 11.6 Å². The molecule has 0 saturated carbocycles. The third kappa shape index (κ3) is 2.32. The summed E-state index contributed by atoms with van der Waals surface area (Å²) >= 11 is 5.93. The number of rotatable bonds is 3. The summed E-state index contributed by atoms with van der Waals surface area (Å²) in [5.74, 6) is 0. The highest BCUT2D eigenvalue weighted by Crippen LogP contribution is 2.25. The Morgan fingerprint density at radius 3 is 2.75 bits per heavy atom. The van der Waals surface area contributed by atoms with Gasteiger partial charge < -0.3 is 0 Å². The van der Waals surface area contributed by atoms with Gasteiger partial charge in [-0.1, -0.05) is 23.7 Å². The second-order valence-electron chi connectivity index (χ2n) is 5.36. The van der Waals surface area contributed by atoms with E-state index in [1.165, 1.54) is 10.6 Å². The van der Waals surface area contributed by atoms with Crippen molar-refractivity contribution in [3.8, 4) is 22.5 Å². The van der Waals surface area contributed by atoms with Crippen molar-refractivity contribution in [1.29, 1.82) is 0 Å². The van der Waals surface area contributed by atoms with Crippen molar-refractivity contribution in [3.63, 3.8) is 0 Å². The highest BCUT2D eigenvalue weighted by atomic mass is 35.5. The zero-order valence-corrected chi connectivity index (χ0v) is 13.7. The van der Waals surface area contributed by atoms with Gasteiger partial charge in [0.25, 0.3) is 5.56 Å². The molecule has 120 valence electrons. The number of nitrogens with one attached hydrogen (secondary N) is 1. The van der Waals surface area contributed by atoms with Crippen molar-refractivity contribution in [3.05, 3.63) is 64.2 Å². The third-order valence-corrected chi connectivity index (χ3v) is 4.18. The Morgan fingerprint density at radius 2 is 2.00 bits per heavy atom. The molecular formula is C17H14ClN5O. The van der Waals surface area contributed by atoms with Crippen LogP contribution in [-0.4, -0.2) is 24.4 Å². The topological polar surface area (TPSA) is 68.0 Å². The van der Waals surface area contributed by atoms with Crippen LogP contribution in [0.1, 0.15) is 6.92 Å². The number of aromatic nitrogens is 5. The second-order valence-corrected chi connectivity index (χ2v) is 5.80. The van der Waals surface area contributed by atoms with Gasteiger partial charge in [-0.25, -0.2) is 9.50 Å². The maximum absolute atomic E-state index is 12.4. The Balaban J connectivity index is 1.95. The van der Waals surface area contributed by atoms with Crippen LogP contribution in [0.3, 0.4) is 0 Å². The molecule has 0 amide bonds. The Kier molecular flexibility index (Phi) is 3.46. The molecule has 4 aromatic rings. The van der Waals surface area contributed by atoms with Crippen LogP contribution in [0.5, 0.6) is 0 Å². The number of H-pyrrole nitrogens is 1. The van der Waals surface area contributed by atoms with Crippen molar-refractivity contribution in [1.82, 2.24) is 24.4 Å². The van der Waals surface area contributed by atoms with Crippen LogP contribution in [0, 0.1) is 0 Å². The molecule has 0 aliphatic carbocycles. The van der Waals surface area contributed by atoms with Crippen LogP contribution < -0.4 is 5.56 Å². The first-order chi connectivity index (χ1) is 11.7. The van der Waals surface area contributed by atoms with Crippen LogP contribution in [-0.2, 0) is 6.54 Å². The SMILES string of the molecule is CCn1nccc1-c1c[nH]n2c(=O)cc(-c3ccc(Cl)cc3)nc12. The summed E-state index contributed by atoms with van der Waals surface area (Å²) in [6.07, 6.45) is 3.52. The fourth-order valence-corrected chi connectivity index (χ4v) is 2.88. The number of benzene rings is 1. The van der Waals surface area contributed by atoms with Gasteiger partial charge in [-0.2, -0.15) is 5.10 Å². The second kappa shape index (κ2) is 5.65. The first kappa shape index (κ1) is 14.7. The van der Waals surface area contributed by atoms with Crippen molar-refractivity contribution in [2.45, 2.75) is 13.5 Å². The summed E-state index contributed by atoms with van der Waals surface area (Å²) in [7, 11) is 0. The summed E-state index contributed by atoms with van der Waals surface area (Å²) in [5.41, 5.74) is 3.61. The summed E-state index contributed by atoms with van der Waals surface area (Å²) in [6, 6.07) is 10.7. The molecule has 3 aromatic heterocycles. The molecule has 3 heterocycles. The van der Waals surface area contributed by atoms with Gasteiger partial charge in [-0.3, -0.25) is 14.6 Å². The van der Waals surface area contributed by atoms with Crippen molar-refractivity contribution in [2.24, 2.45) is 0 Å². The Bertz CT molecular complexity index is 1070. The van der Waals surface area contributed by atoms with Crippen molar-refractivity contribution in [2.75, 3.05) is 0 Å². The highest BCUT2D eigenvalue weighted by Gasteiger charge is 2.14. The van der Waals surface area contributed by atoms with Gasteiger partial charge >= 0.3 is 0 Å². The van der Waals surface area contributed by atoms with Crippen LogP contribution in [0.2, 0.25) is 5.02 Å². The van der Waals surface area contributed by atoms with Crippen LogP contribution in [0.4, 0.5) is 0 Å². The summed E-state index contributed by atoms with van der Waals surface area (Å²) in [4.78, 5) is 17.1. The highest BCUT2D eigenvalue weighted by molar-refractivity contribution is 6.30. The van der Waals surface area contributed by atoms with Gasteiger partial charge in [0, 0.05) is 35.6 Å². The van der Waals surface area contributed by atoms with E-state index in [0.717, 1.165) is 23.4 Å². The van der Waals surface area contributed by atoms with E-state index in [1.54, 1.807) is 24.5 Å². The lowest BCUT2D eigenvalue weighted by Gasteiger charge is -2.05. The van der Waals surface area contributed by atoms with Gasteiger partial charge in [0.1, 0.15) is 0 Å². The molecule has 0 spiro atoms. The normalized spacial score (nSPS) is 11.2. The fraction of sp³-hybridized carbons (Fsp3) is 0.118. The fourth-order valence-electron chi connectivity index (χ4n) is 2.75. The first-order valence-corrected chi connectivity index (χ1v) is 7.94. The minimum atomic E-state index is -0.168. The van der Waals surface area contributed by atoms with E-state index in [2.05, 4.69) is 15.2 Å². The number of fused-ring (bicyclic) bond motifs is 1. The van der Waals surface area contributed by atoms with E-state index in [4.69, 9.17) is 11.6 Å². The molecule has 0 aliphatic rings. The maximum atomic E-state index is 12.4. The molecule has 0 fully saturated rings. The van der Waals surface area contributed by atoms with Crippen LogP contribution in [0.15, 0.2) is 53.6 Å². The Morgan fingerprint density at radius 1 is 1.21 bits per heavy atom. The maximum Gasteiger partial charge on any atom is 0.273 e.